The van der Waals surface area contributed by atoms with Crippen molar-refractivity contribution in [1.29, 1.82) is 0 Å². The maximum Gasteiger partial charge on any atom is 0.0289 e. The van der Waals surface area contributed by atoms with Crippen LogP contribution in [-0.4, -0.2) is 0 Å². The van der Waals surface area contributed by atoms with Crippen LogP contribution < -0.4 is 0 Å². The molecule has 0 amide bonds. The molecular formula is C17H13Br. The molecule has 88 valence electrons. The van der Waals surface area contributed by atoms with Crippen LogP contribution >= 0.6 is 15.9 Å². The Morgan fingerprint density at radius 2 is 1.44 bits per heavy atom. The minimum Gasteiger partial charge on any atom is -0.0876 e. The van der Waals surface area contributed by atoms with Gasteiger partial charge in [-0.3, -0.25) is 0 Å². The SMILES string of the molecule is BrCc1ccccc1-c1ccc2ccccc2c1. The van der Waals surface area contributed by atoms with E-state index in [-0.39, 0.29) is 0 Å². The summed E-state index contributed by atoms with van der Waals surface area (Å²) in [5, 5.41) is 3.47. The summed E-state index contributed by atoms with van der Waals surface area (Å²) in [7, 11) is 0. The third kappa shape index (κ3) is 2.06. The van der Waals surface area contributed by atoms with Crippen molar-refractivity contribution in [3.63, 3.8) is 0 Å². The number of benzene rings is 3. The topological polar surface area (TPSA) is 0 Å². The second kappa shape index (κ2) is 4.95. The Balaban J connectivity index is 2.19. The zero-order chi connectivity index (χ0) is 12.4. The molecule has 18 heavy (non-hydrogen) atoms. The first-order chi connectivity index (χ1) is 8.88. The van der Waals surface area contributed by atoms with Crippen LogP contribution in [0.4, 0.5) is 0 Å². The molecule has 0 saturated carbocycles. The smallest absolute Gasteiger partial charge is 0.0289 e. The number of rotatable bonds is 2. The first kappa shape index (κ1) is 11.5. The van der Waals surface area contributed by atoms with E-state index < -0.39 is 0 Å². The number of hydrogen-bond donors (Lipinski definition) is 0. The molecule has 0 heterocycles. The lowest BCUT2D eigenvalue weighted by Gasteiger charge is -2.08. The summed E-state index contributed by atoms with van der Waals surface area (Å²) in [6, 6.07) is 23.6. The van der Waals surface area contributed by atoms with Crippen LogP contribution in [0.25, 0.3) is 21.9 Å². The van der Waals surface area contributed by atoms with E-state index in [2.05, 4.69) is 82.7 Å². The molecule has 3 aromatic carbocycles. The van der Waals surface area contributed by atoms with Gasteiger partial charge in [0.1, 0.15) is 0 Å². The molecule has 0 aliphatic carbocycles. The summed E-state index contributed by atoms with van der Waals surface area (Å²) in [6.45, 7) is 0. The van der Waals surface area contributed by atoms with Crippen molar-refractivity contribution in [1.82, 2.24) is 0 Å². The van der Waals surface area contributed by atoms with Gasteiger partial charge in [-0.05, 0) is 33.5 Å². The van der Waals surface area contributed by atoms with E-state index in [1.165, 1.54) is 27.5 Å². The lowest BCUT2D eigenvalue weighted by atomic mass is 9.98. The molecule has 0 nitrogen and oxygen atoms in total. The van der Waals surface area contributed by atoms with Crippen molar-refractivity contribution in [3.8, 4) is 11.1 Å². The average Bonchev–Trinajstić information content (AvgIpc) is 2.46. The molecule has 0 radical (unpaired) electrons. The van der Waals surface area contributed by atoms with E-state index >= 15 is 0 Å². The maximum atomic E-state index is 3.56. The van der Waals surface area contributed by atoms with Gasteiger partial charge in [0, 0.05) is 5.33 Å². The molecule has 0 saturated heterocycles. The second-order valence-electron chi connectivity index (χ2n) is 4.35. The lowest BCUT2D eigenvalue weighted by Crippen LogP contribution is -1.85. The van der Waals surface area contributed by atoms with Crippen LogP contribution in [0.5, 0.6) is 0 Å². The lowest BCUT2D eigenvalue weighted by molar-refractivity contribution is 1.43. The Morgan fingerprint density at radius 1 is 0.722 bits per heavy atom. The fourth-order valence-corrected chi connectivity index (χ4v) is 2.76. The monoisotopic (exact) mass is 296 g/mol. The van der Waals surface area contributed by atoms with Gasteiger partial charge in [0.2, 0.25) is 0 Å². The van der Waals surface area contributed by atoms with Crippen molar-refractivity contribution < 1.29 is 0 Å². The quantitative estimate of drug-likeness (QED) is 0.555. The van der Waals surface area contributed by atoms with Crippen LogP contribution in [0.1, 0.15) is 5.56 Å². The van der Waals surface area contributed by atoms with Crippen molar-refractivity contribution in [2.75, 3.05) is 0 Å². The summed E-state index contributed by atoms with van der Waals surface area (Å²) in [5.41, 5.74) is 3.91. The largest absolute Gasteiger partial charge is 0.0876 e. The van der Waals surface area contributed by atoms with Crippen LogP contribution in [0, 0.1) is 0 Å². The Hall–Kier alpha value is -1.60. The number of alkyl halides is 1. The molecule has 0 fully saturated rings. The molecule has 1 heteroatoms. The van der Waals surface area contributed by atoms with Gasteiger partial charge in [-0.1, -0.05) is 76.6 Å². The highest BCUT2D eigenvalue weighted by Gasteiger charge is 2.03. The molecule has 0 N–H and O–H groups in total. The molecule has 0 unspecified atom stereocenters. The molecule has 0 aliphatic rings. The molecule has 0 bridgehead atoms. The highest BCUT2D eigenvalue weighted by atomic mass is 79.9. The second-order valence-corrected chi connectivity index (χ2v) is 4.91. The summed E-state index contributed by atoms with van der Waals surface area (Å²) in [5.74, 6) is 0. The van der Waals surface area contributed by atoms with E-state index in [0.29, 0.717) is 0 Å². The molecule has 3 rings (SSSR count). The predicted octanol–water partition coefficient (Wildman–Crippen LogP) is 5.40. The molecule has 0 spiro atoms. The van der Waals surface area contributed by atoms with Crippen LogP contribution in [-0.2, 0) is 5.33 Å². The molecular weight excluding hydrogens is 284 g/mol. The van der Waals surface area contributed by atoms with Gasteiger partial charge in [0.15, 0.2) is 0 Å². The van der Waals surface area contributed by atoms with Gasteiger partial charge < -0.3 is 0 Å². The first-order valence-corrected chi connectivity index (χ1v) is 7.14. The zero-order valence-electron chi connectivity index (χ0n) is 9.94. The highest BCUT2D eigenvalue weighted by molar-refractivity contribution is 9.08. The summed E-state index contributed by atoms with van der Waals surface area (Å²) in [4.78, 5) is 0. The van der Waals surface area contributed by atoms with Gasteiger partial charge >= 0.3 is 0 Å². The third-order valence-electron chi connectivity index (χ3n) is 3.22. The molecule has 0 aliphatic heterocycles. The third-order valence-corrected chi connectivity index (χ3v) is 3.83. The van der Waals surface area contributed by atoms with E-state index in [4.69, 9.17) is 0 Å². The summed E-state index contributed by atoms with van der Waals surface area (Å²) < 4.78 is 0. The van der Waals surface area contributed by atoms with Gasteiger partial charge in [-0.2, -0.15) is 0 Å². The first-order valence-electron chi connectivity index (χ1n) is 6.01. The fourth-order valence-electron chi connectivity index (χ4n) is 2.28. The van der Waals surface area contributed by atoms with Gasteiger partial charge in [-0.25, -0.2) is 0 Å². The van der Waals surface area contributed by atoms with E-state index in [9.17, 15) is 0 Å². The van der Waals surface area contributed by atoms with Crippen LogP contribution in [0.2, 0.25) is 0 Å². The van der Waals surface area contributed by atoms with Crippen LogP contribution in [0.15, 0.2) is 66.7 Å². The molecule has 0 aromatic heterocycles. The standard InChI is InChI=1S/C17H13Br/c18-12-16-7-3-4-8-17(16)15-10-9-13-5-1-2-6-14(13)11-15/h1-11H,12H2. The maximum absolute atomic E-state index is 3.56. The predicted molar refractivity (Wildman–Crippen MR) is 82.0 cm³/mol. The van der Waals surface area contributed by atoms with Crippen LogP contribution in [0.3, 0.4) is 0 Å². The summed E-state index contributed by atoms with van der Waals surface area (Å²) >= 11 is 3.56. The number of halogens is 1. The molecule has 3 aromatic rings. The molecule has 0 atom stereocenters. The Labute approximate surface area is 115 Å². The Bertz CT molecular complexity index is 686. The number of fused-ring (bicyclic) bond motifs is 1. The van der Waals surface area contributed by atoms with Crippen molar-refractivity contribution in [2.24, 2.45) is 0 Å². The van der Waals surface area contributed by atoms with Gasteiger partial charge in [0.05, 0.1) is 0 Å². The normalized spacial score (nSPS) is 10.7. The minimum absolute atomic E-state index is 0.885. The Morgan fingerprint density at radius 3 is 2.28 bits per heavy atom. The minimum atomic E-state index is 0.885. The number of hydrogen-bond acceptors (Lipinski definition) is 0. The average molecular weight is 297 g/mol. The van der Waals surface area contributed by atoms with Crippen molar-refractivity contribution >= 4 is 26.7 Å². The summed E-state index contributed by atoms with van der Waals surface area (Å²) in [6.07, 6.45) is 0. The Kier molecular flexibility index (Phi) is 3.16. The van der Waals surface area contributed by atoms with Gasteiger partial charge in [-0.15, -0.1) is 0 Å². The van der Waals surface area contributed by atoms with Crippen molar-refractivity contribution in [2.45, 2.75) is 5.33 Å². The zero-order valence-corrected chi connectivity index (χ0v) is 11.5. The fraction of sp³-hybridized carbons (Fsp3) is 0.0588. The van der Waals surface area contributed by atoms with Gasteiger partial charge in [0.25, 0.3) is 0 Å². The highest BCUT2D eigenvalue weighted by Crippen LogP contribution is 2.28. The van der Waals surface area contributed by atoms with Crippen molar-refractivity contribution in [3.05, 3.63) is 72.3 Å². The van der Waals surface area contributed by atoms with E-state index in [1.54, 1.807) is 0 Å². The van der Waals surface area contributed by atoms with E-state index in [0.717, 1.165) is 5.33 Å². The van der Waals surface area contributed by atoms with E-state index in [1.807, 2.05) is 0 Å².